The van der Waals surface area contributed by atoms with Crippen LogP contribution in [0.4, 0.5) is 0 Å². The Hall–Kier alpha value is -1.02. The first-order valence-corrected chi connectivity index (χ1v) is 5.67. The highest BCUT2D eigenvalue weighted by Gasteiger charge is 2.50. The number of aliphatic hydroxyl groups excluding tert-OH is 7. The van der Waals surface area contributed by atoms with Gasteiger partial charge in [0.2, 0.25) is 11.6 Å². The topological polar surface area (TPSA) is 216 Å². The van der Waals surface area contributed by atoms with Crippen molar-refractivity contribution in [3.63, 3.8) is 0 Å². The van der Waals surface area contributed by atoms with Crippen LogP contribution in [0.2, 0.25) is 0 Å². The predicted molar refractivity (Wildman–Crippen MR) is 61.4 cm³/mol. The van der Waals surface area contributed by atoms with E-state index in [1.165, 1.54) is 0 Å². The minimum atomic E-state index is -3.94. The summed E-state index contributed by atoms with van der Waals surface area (Å²) in [5.41, 5.74) is 0. The third kappa shape index (κ3) is 4.47. The van der Waals surface area contributed by atoms with Gasteiger partial charge in [0.1, 0.15) is 30.5 Å². The normalized spacial score (nSPS) is 19.5. The van der Waals surface area contributed by atoms with E-state index in [1.807, 2.05) is 0 Å². The Labute approximate surface area is 117 Å². The Morgan fingerprint density at radius 2 is 1.29 bits per heavy atom. The van der Waals surface area contributed by atoms with E-state index in [9.17, 15) is 35.1 Å². The van der Waals surface area contributed by atoms with Crippen molar-refractivity contribution >= 4 is 11.6 Å². The molecule has 0 aromatic heterocycles. The standard InChI is InChI=1S/C10H18O11/c11-1-3(13)5(15)6(16)7(17)9(19)10(20,21)8(18)4(14)2-12/h3-7,11-17,20-21H,1-2H2. The first-order valence-electron chi connectivity index (χ1n) is 5.67. The molecule has 0 fully saturated rings. The number of hydrogen-bond acceptors (Lipinski definition) is 11. The summed E-state index contributed by atoms with van der Waals surface area (Å²) in [6.07, 6.45) is -11.7. The maximum absolute atomic E-state index is 11.5. The molecule has 0 amide bonds. The van der Waals surface area contributed by atoms with Crippen molar-refractivity contribution in [3.05, 3.63) is 0 Å². The van der Waals surface area contributed by atoms with Gasteiger partial charge in [0.25, 0.3) is 5.79 Å². The largest absolute Gasteiger partial charge is 0.394 e. The van der Waals surface area contributed by atoms with E-state index in [-0.39, 0.29) is 0 Å². The zero-order valence-corrected chi connectivity index (χ0v) is 10.6. The van der Waals surface area contributed by atoms with Gasteiger partial charge in [-0.3, -0.25) is 9.59 Å². The summed E-state index contributed by atoms with van der Waals surface area (Å²) in [6.45, 7) is -2.27. The Bertz CT molecular complexity index is 368. The highest BCUT2D eigenvalue weighted by Crippen LogP contribution is 2.14. The van der Waals surface area contributed by atoms with Crippen molar-refractivity contribution < 1.29 is 55.5 Å². The van der Waals surface area contributed by atoms with Gasteiger partial charge in [0.05, 0.1) is 13.2 Å². The molecule has 0 radical (unpaired) electrons. The van der Waals surface area contributed by atoms with Gasteiger partial charge in [-0.15, -0.1) is 0 Å². The van der Waals surface area contributed by atoms with Crippen LogP contribution in [0.3, 0.4) is 0 Å². The summed E-state index contributed by atoms with van der Waals surface area (Å²) in [5, 5.41) is 81.5. The molecule has 0 rings (SSSR count). The Morgan fingerprint density at radius 1 is 0.810 bits per heavy atom. The average molecular weight is 314 g/mol. The second kappa shape index (κ2) is 7.84. The second-order valence-electron chi connectivity index (χ2n) is 4.28. The molecular weight excluding hydrogens is 296 g/mol. The molecule has 0 saturated carbocycles. The van der Waals surface area contributed by atoms with E-state index in [1.54, 1.807) is 0 Å². The molecule has 0 spiro atoms. The molecule has 11 nitrogen and oxygen atoms in total. The highest BCUT2D eigenvalue weighted by molar-refractivity contribution is 6.11. The number of hydrogen-bond donors (Lipinski definition) is 9. The number of carbonyl (C=O) groups is 2. The van der Waals surface area contributed by atoms with Crippen LogP contribution >= 0.6 is 0 Å². The number of aliphatic hydroxyl groups is 9. The van der Waals surface area contributed by atoms with Gasteiger partial charge >= 0.3 is 0 Å². The maximum atomic E-state index is 11.5. The summed E-state index contributed by atoms with van der Waals surface area (Å²) in [5.74, 6) is -8.00. The van der Waals surface area contributed by atoms with Gasteiger partial charge in [-0.05, 0) is 0 Å². The van der Waals surface area contributed by atoms with Crippen LogP contribution in [0.25, 0.3) is 0 Å². The number of ketones is 2. The Kier molecular flexibility index (Phi) is 7.46. The van der Waals surface area contributed by atoms with Crippen LogP contribution in [0, 0.1) is 0 Å². The molecule has 5 atom stereocenters. The van der Waals surface area contributed by atoms with Crippen LogP contribution in [-0.4, -0.2) is 107 Å². The van der Waals surface area contributed by atoms with Gasteiger partial charge in [-0.1, -0.05) is 0 Å². The van der Waals surface area contributed by atoms with Gasteiger partial charge in [-0.2, -0.15) is 0 Å². The summed E-state index contributed by atoms with van der Waals surface area (Å²) >= 11 is 0. The lowest BCUT2D eigenvalue weighted by Crippen LogP contribution is -2.60. The lowest BCUT2D eigenvalue weighted by molar-refractivity contribution is -0.206. The Balaban J connectivity index is 5.10. The molecular formula is C10H18O11. The Morgan fingerprint density at radius 3 is 1.67 bits per heavy atom. The van der Waals surface area contributed by atoms with Gasteiger partial charge < -0.3 is 46.0 Å². The van der Waals surface area contributed by atoms with Crippen LogP contribution in [0.1, 0.15) is 0 Å². The van der Waals surface area contributed by atoms with Gasteiger partial charge in [0.15, 0.2) is 0 Å². The van der Waals surface area contributed by atoms with Gasteiger partial charge in [-0.25, -0.2) is 0 Å². The molecule has 11 heteroatoms. The molecule has 5 unspecified atom stereocenters. The lowest BCUT2D eigenvalue weighted by atomic mass is 9.92. The molecule has 0 aliphatic rings. The van der Waals surface area contributed by atoms with Crippen LogP contribution in [0.15, 0.2) is 0 Å². The zero-order chi connectivity index (χ0) is 17.0. The van der Waals surface area contributed by atoms with E-state index in [2.05, 4.69) is 0 Å². The highest BCUT2D eigenvalue weighted by atomic mass is 16.5. The van der Waals surface area contributed by atoms with Crippen LogP contribution in [0.5, 0.6) is 0 Å². The van der Waals surface area contributed by atoms with E-state index in [0.29, 0.717) is 0 Å². The monoisotopic (exact) mass is 314 g/mol. The molecule has 124 valence electrons. The predicted octanol–water partition coefficient (Wildman–Crippen LogP) is -6.41. The summed E-state index contributed by atoms with van der Waals surface area (Å²) in [7, 11) is 0. The van der Waals surface area contributed by atoms with Gasteiger partial charge in [0, 0.05) is 0 Å². The van der Waals surface area contributed by atoms with E-state index in [4.69, 9.17) is 20.4 Å². The van der Waals surface area contributed by atoms with Crippen molar-refractivity contribution in [2.75, 3.05) is 13.2 Å². The minimum Gasteiger partial charge on any atom is -0.394 e. The molecule has 0 aliphatic carbocycles. The molecule has 0 bridgehead atoms. The maximum Gasteiger partial charge on any atom is 0.291 e. The SMILES string of the molecule is O=C(C(O)CO)C(O)(O)C(=O)C(O)C(O)C(O)C(O)CO. The van der Waals surface area contributed by atoms with Crippen molar-refractivity contribution in [3.8, 4) is 0 Å². The fourth-order valence-electron chi connectivity index (χ4n) is 1.32. The number of carbonyl (C=O) groups excluding carboxylic acids is 2. The molecule has 0 aliphatic heterocycles. The van der Waals surface area contributed by atoms with Crippen LogP contribution in [-0.2, 0) is 9.59 Å². The van der Waals surface area contributed by atoms with E-state index < -0.39 is 61.1 Å². The lowest BCUT2D eigenvalue weighted by Gasteiger charge is -2.28. The average Bonchev–Trinajstić information content (AvgIpc) is 2.48. The molecule has 0 aromatic rings. The fraction of sp³-hybridized carbons (Fsp3) is 0.800. The summed E-state index contributed by atoms with van der Waals surface area (Å²) in [4.78, 5) is 22.8. The smallest absolute Gasteiger partial charge is 0.291 e. The number of rotatable bonds is 9. The first-order chi connectivity index (χ1) is 9.52. The fourth-order valence-corrected chi connectivity index (χ4v) is 1.32. The molecule has 0 aromatic carbocycles. The summed E-state index contributed by atoms with van der Waals surface area (Å²) in [6, 6.07) is 0. The van der Waals surface area contributed by atoms with Crippen LogP contribution < -0.4 is 0 Å². The minimum absolute atomic E-state index is 1.04. The van der Waals surface area contributed by atoms with Crippen molar-refractivity contribution in [2.24, 2.45) is 0 Å². The molecule has 0 saturated heterocycles. The van der Waals surface area contributed by atoms with Crippen molar-refractivity contribution in [1.82, 2.24) is 0 Å². The first kappa shape index (κ1) is 20.0. The molecule has 9 N–H and O–H groups in total. The van der Waals surface area contributed by atoms with Crippen molar-refractivity contribution in [2.45, 2.75) is 36.3 Å². The zero-order valence-electron chi connectivity index (χ0n) is 10.6. The number of Topliss-reactive ketones (excluding diaryl/α,β-unsaturated/α-hetero) is 2. The quantitative estimate of drug-likeness (QED) is 0.144. The third-order valence-electron chi connectivity index (χ3n) is 2.69. The third-order valence-corrected chi connectivity index (χ3v) is 2.69. The van der Waals surface area contributed by atoms with Crippen molar-refractivity contribution in [1.29, 1.82) is 0 Å². The second-order valence-corrected chi connectivity index (χ2v) is 4.28. The van der Waals surface area contributed by atoms with E-state index >= 15 is 0 Å². The van der Waals surface area contributed by atoms with E-state index in [0.717, 1.165) is 0 Å². The molecule has 0 heterocycles. The molecule has 21 heavy (non-hydrogen) atoms. The summed E-state index contributed by atoms with van der Waals surface area (Å²) < 4.78 is 0.